The van der Waals surface area contributed by atoms with Gasteiger partial charge in [0, 0.05) is 48.7 Å². The van der Waals surface area contributed by atoms with Crippen molar-refractivity contribution in [1.29, 1.82) is 0 Å². The van der Waals surface area contributed by atoms with Crippen molar-refractivity contribution in [2.75, 3.05) is 18.4 Å². The number of nitrogens with zero attached hydrogens (tertiary/aromatic N) is 2. The molecule has 29 heavy (non-hydrogen) atoms. The standard InChI is InChI=1S/C21H20N4O4/c26-21(24-13-12-22-18-6-8-19(9-7-18)25(27)28)17-10-11-23-20(14-17)29-15-16-4-2-1-3-5-16/h1-11,14,22H,12-13,15H2,(H,24,26). The quantitative estimate of drug-likeness (QED) is 0.328. The number of hydrogen-bond donors (Lipinski definition) is 2. The van der Waals surface area contributed by atoms with Crippen molar-refractivity contribution in [3.8, 4) is 5.88 Å². The number of ether oxygens (including phenoxy) is 1. The minimum atomic E-state index is -0.448. The van der Waals surface area contributed by atoms with Gasteiger partial charge in [-0.3, -0.25) is 14.9 Å². The van der Waals surface area contributed by atoms with Crippen molar-refractivity contribution >= 4 is 17.3 Å². The van der Waals surface area contributed by atoms with Gasteiger partial charge in [0.1, 0.15) is 6.61 Å². The number of hydrogen-bond acceptors (Lipinski definition) is 6. The maximum Gasteiger partial charge on any atom is 0.269 e. The topological polar surface area (TPSA) is 106 Å². The monoisotopic (exact) mass is 392 g/mol. The number of nitrogens with one attached hydrogen (secondary N) is 2. The second-order valence-corrected chi connectivity index (χ2v) is 6.14. The molecule has 0 aliphatic rings. The fourth-order valence-corrected chi connectivity index (χ4v) is 2.55. The number of nitro benzene ring substituents is 1. The van der Waals surface area contributed by atoms with Crippen molar-refractivity contribution < 1.29 is 14.5 Å². The van der Waals surface area contributed by atoms with Crippen molar-refractivity contribution in [3.05, 3.63) is 94.2 Å². The highest BCUT2D eigenvalue weighted by Gasteiger charge is 2.08. The zero-order valence-corrected chi connectivity index (χ0v) is 15.6. The van der Waals surface area contributed by atoms with Crippen LogP contribution in [0.15, 0.2) is 72.9 Å². The first kappa shape index (κ1) is 19.8. The Hall–Kier alpha value is -3.94. The summed E-state index contributed by atoms with van der Waals surface area (Å²) in [6, 6.07) is 19.0. The van der Waals surface area contributed by atoms with Crippen LogP contribution in [0, 0.1) is 10.1 Å². The number of non-ortho nitro benzene ring substituents is 1. The largest absolute Gasteiger partial charge is 0.473 e. The lowest BCUT2D eigenvalue weighted by Crippen LogP contribution is -2.28. The number of carbonyl (C=O) groups excluding carboxylic acids is 1. The molecule has 0 aliphatic carbocycles. The van der Waals surface area contributed by atoms with Crippen molar-refractivity contribution in [2.24, 2.45) is 0 Å². The van der Waals surface area contributed by atoms with E-state index in [4.69, 9.17) is 4.74 Å². The van der Waals surface area contributed by atoms with Gasteiger partial charge in [-0.25, -0.2) is 4.98 Å². The Morgan fingerprint density at radius 3 is 2.52 bits per heavy atom. The van der Waals surface area contributed by atoms with E-state index in [1.54, 1.807) is 24.3 Å². The molecule has 0 fully saturated rings. The Balaban J connectivity index is 1.45. The smallest absolute Gasteiger partial charge is 0.269 e. The first-order valence-corrected chi connectivity index (χ1v) is 9.01. The van der Waals surface area contributed by atoms with Gasteiger partial charge in [0.2, 0.25) is 5.88 Å². The van der Waals surface area contributed by atoms with E-state index in [1.165, 1.54) is 18.3 Å². The molecular formula is C21H20N4O4. The molecular weight excluding hydrogens is 372 g/mol. The van der Waals surface area contributed by atoms with Crippen LogP contribution in [0.1, 0.15) is 15.9 Å². The molecule has 0 bridgehead atoms. The first-order valence-electron chi connectivity index (χ1n) is 9.01. The molecule has 0 aliphatic heterocycles. The predicted molar refractivity (Wildman–Crippen MR) is 109 cm³/mol. The average Bonchev–Trinajstić information content (AvgIpc) is 2.76. The van der Waals surface area contributed by atoms with Gasteiger partial charge in [-0.15, -0.1) is 0 Å². The fourth-order valence-electron chi connectivity index (χ4n) is 2.55. The lowest BCUT2D eigenvalue weighted by Gasteiger charge is -2.09. The van der Waals surface area contributed by atoms with Gasteiger partial charge >= 0.3 is 0 Å². The predicted octanol–water partition coefficient (Wildman–Crippen LogP) is 3.41. The van der Waals surface area contributed by atoms with Crippen LogP contribution >= 0.6 is 0 Å². The molecule has 0 saturated carbocycles. The summed E-state index contributed by atoms with van der Waals surface area (Å²) in [5.41, 5.74) is 2.25. The zero-order chi connectivity index (χ0) is 20.5. The summed E-state index contributed by atoms with van der Waals surface area (Å²) >= 11 is 0. The lowest BCUT2D eigenvalue weighted by molar-refractivity contribution is -0.384. The number of rotatable bonds is 9. The second-order valence-electron chi connectivity index (χ2n) is 6.14. The SMILES string of the molecule is O=C(NCCNc1ccc([N+](=O)[O-])cc1)c1ccnc(OCc2ccccc2)c1. The Kier molecular flexibility index (Phi) is 6.72. The van der Waals surface area contributed by atoms with Crippen LogP contribution < -0.4 is 15.4 Å². The van der Waals surface area contributed by atoms with Crippen molar-refractivity contribution in [2.45, 2.75) is 6.61 Å². The van der Waals surface area contributed by atoms with Gasteiger partial charge in [-0.05, 0) is 23.8 Å². The second kappa shape index (κ2) is 9.84. The number of aromatic nitrogens is 1. The highest BCUT2D eigenvalue weighted by Crippen LogP contribution is 2.15. The van der Waals surface area contributed by atoms with Gasteiger partial charge in [0.15, 0.2) is 0 Å². The van der Waals surface area contributed by atoms with Crippen LogP contribution in [0.3, 0.4) is 0 Å². The van der Waals surface area contributed by atoms with E-state index in [2.05, 4.69) is 15.6 Å². The molecule has 3 aromatic rings. The molecule has 0 atom stereocenters. The maximum absolute atomic E-state index is 12.3. The van der Waals surface area contributed by atoms with Crippen LogP contribution in [-0.4, -0.2) is 28.9 Å². The molecule has 2 N–H and O–H groups in total. The van der Waals surface area contributed by atoms with E-state index >= 15 is 0 Å². The summed E-state index contributed by atoms with van der Waals surface area (Å²) < 4.78 is 5.64. The van der Waals surface area contributed by atoms with Gasteiger partial charge in [-0.2, -0.15) is 0 Å². The Bertz CT molecular complexity index is 962. The van der Waals surface area contributed by atoms with E-state index in [0.29, 0.717) is 31.1 Å². The Morgan fingerprint density at radius 1 is 1.03 bits per heavy atom. The third-order valence-corrected chi connectivity index (χ3v) is 4.04. The van der Waals surface area contributed by atoms with Crippen molar-refractivity contribution in [1.82, 2.24) is 10.3 Å². The average molecular weight is 392 g/mol. The molecule has 0 unspecified atom stereocenters. The van der Waals surface area contributed by atoms with Gasteiger partial charge in [0.05, 0.1) is 4.92 Å². The molecule has 1 heterocycles. The lowest BCUT2D eigenvalue weighted by atomic mass is 10.2. The molecule has 3 rings (SSSR count). The third kappa shape index (κ3) is 6.03. The fraction of sp³-hybridized carbons (Fsp3) is 0.143. The van der Waals surface area contributed by atoms with Gasteiger partial charge in [-0.1, -0.05) is 30.3 Å². The van der Waals surface area contributed by atoms with Crippen LogP contribution in [0.4, 0.5) is 11.4 Å². The first-order chi connectivity index (χ1) is 14.1. The number of benzene rings is 2. The van der Waals surface area contributed by atoms with E-state index in [-0.39, 0.29) is 11.6 Å². The van der Waals surface area contributed by atoms with E-state index < -0.39 is 4.92 Å². The Morgan fingerprint density at radius 2 is 1.79 bits per heavy atom. The van der Waals surface area contributed by atoms with Gasteiger partial charge < -0.3 is 15.4 Å². The molecule has 8 heteroatoms. The highest BCUT2D eigenvalue weighted by atomic mass is 16.6. The molecule has 1 amide bonds. The van der Waals surface area contributed by atoms with E-state index in [0.717, 1.165) is 11.3 Å². The summed E-state index contributed by atoms with van der Waals surface area (Å²) in [7, 11) is 0. The molecule has 0 radical (unpaired) electrons. The molecule has 2 aromatic carbocycles. The molecule has 148 valence electrons. The third-order valence-electron chi connectivity index (χ3n) is 4.04. The van der Waals surface area contributed by atoms with Crippen LogP contribution in [0.2, 0.25) is 0 Å². The maximum atomic E-state index is 12.3. The normalized spacial score (nSPS) is 10.2. The molecule has 0 spiro atoms. The molecule has 8 nitrogen and oxygen atoms in total. The number of amides is 1. The summed E-state index contributed by atoms with van der Waals surface area (Å²) in [6.45, 7) is 1.24. The minimum Gasteiger partial charge on any atom is -0.473 e. The van der Waals surface area contributed by atoms with Crippen LogP contribution in [0.5, 0.6) is 5.88 Å². The summed E-state index contributed by atoms with van der Waals surface area (Å²) in [5.74, 6) is 0.146. The summed E-state index contributed by atoms with van der Waals surface area (Å²) in [6.07, 6.45) is 1.53. The Labute approximate surface area is 167 Å². The molecule has 0 saturated heterocycles. The zero-order valence-electron chi connectivity index (χ0n) is 15.6. The summed E-state index contributed by atoms with van der Waals surface area (Å²) in [5, 5.41) is 16.5. The number of carbonyl (C=O) groups is 1. The van der Waals surface area contributed by atoms with E-state index in [1.807, 2.05) is 30.3 Å². The van der Waals surface area contributed by atoms with Crippen LogP contribution in [0.25, 0.3) is 0 Å². The number of nitro groups is 1. The molecule has 1 aromatic heterocycles. The van der Waals surface area contributed by atoms with E-state index in [9.17, 15) is 14.9 Å². The van der Waals surface area contributed by atoms with Crippen LogP contribution in [-0.2, 0) is 6.61 Å². The minimum absolute atomic E-state index is 0.0341. The highest BCUT2D eigenvalue weighted by molar-refractivity contribution is 5.94. The van der Waals surface area contributed by atoms with Gasteiger partial charge in [0.25, 0.3) is 11.6 Å². The number of anilines is 1. The summed E-state index contributed by atoms with van der Waals surface area (Å²) in [4.78, 5) is 26.6. The van der Waals surface area contributed by atoms with Crippen molar-refractivity contribution in [3.63, 3.8) is 0 Å². The number of pyridine rings is 1.